The van der Waals surface area contributed by atoms with Gasteiger partial charge in [-0.25, -0.2) is 0 Å². The minimum Gasteiger partial charge on any atom is -0.465 e. The maximum Gasteiger partial charge on any atom is 0.437 e. The van der Waals surface area contributed by atoms with Crippen LogP contribution in [0, 0.1) is 34.0 Å². The number of thiophene rings is 1. The minimum absolute atomic E-state index is 0.263. The van der Waals surface area contributed by atoms with Crippen LogP contribution in [0.5, 0.6) is 0 Å². The molecule has 6 nitrogen and oxygen atoms in total. The molecule has 218 valence electrons. The van der Waals surface area contributed by atoms with Crippen LogP contribution in [0.4, 0.5) is 13.2 Å². The van der Waals surface area contributed by atoms with Crippen LogP contribution in [0.25, 0.3) is 12.2 Å². The lowest BCUT2D eigenvalue weighted by Gasteiger charge is -2.33. The SMILES string of the molecule is CCc1ccc(C2(C(F)(F)F)OC(=C(C#N)C#N)C(C#N)=C2/C=C/c2ccc(/C=C/C3=CC=C(NCCN)CC3)s2)cc1. The first-order chi connectivity index (χ1) is 20.7. The largest absolute Gasteiger partial charge is 0.465 e. The number of nitrogens with one attached hydrogen (secondary N) is 1. The Bertz CT molecular complexity index is 1670. The second-order valence-corrected chi connectivity index (χ2v) is 10.9. The first-order valence-corrected chi connectivity index (χ1v) is 14.4. The van der Waals surface area contributed by atoms with Crippen molar-refractivity contribution in [1.29, 1.82) is 15.8 Å². The zero-order valence-electron chi connectivity index (χ0n) is 23.3. The van der Waals surface area contributed by atoms with Gasteiger partial charge < -0.3 is 15.8 Å². The molecule has 3 N–H and O–H groups in total. The highest BCUT2D eigenvalue weighted by atomic mass is 32.1. The summed E-state index contributed by atoms with van der Waals surface area (Å²) >= 11 is 1.36. The smallest absolute Gasteiger partial charge is 0.437 e. The molecule has 43 heavy (non-hydrogen) atoms. The van der Waals surface area contributed by atoms with Crippen LogP contribution in [0.3, 0.4) is 0 Å². The molecule has 0 amide bonds. The predicted octanol–water partition coefficient (Wildman–Crippen LogP) is 7.10. The van der Waals surface area contributed by atoms with Gasteiger partial charge in [0, 0.05) is 39.7 Å². The number of nitriles is 3. The molecule has 4 rings (SSSR count). The van der Waals surface area contributed by atoms with Crippen molar-refractivity contribution in [2.24, 2.45) is 5.73 Å². The Morgan fingerprint density at radius 2 is 1.67 bits per heavy atom. The van der Waals surface area contributed by atoms with Crippen LogP contribution in [-0.2, 0) is 16.8 Å². The maximum absolute atomic E-state index is 15.1. The number of nitrogens with two attached hydrogens (primary N) is 1. The summed E-state index contributed by atoms with van der Waals surface area (Å²) < 4.78 is 50.7. The molecule has 1 aliphatic heterocycles. The second-order valence-electron chi connectivity index (χ2n) is 9.72. The molecule has 0 spiro atoms. The van der Waals surface area contributed by atoms with Crippen LogP contribution in [0.2, 0.25) is 0 Å². The molecule has 2 aliphatic rings. The monoisotopic (exact) mass is 599 g/mol. The lowest BCUT2D eigenvalue weighted by Crippen LogP contribution is -2.43. The van der Waals surface area contributed by atoms with E-state index in [0.717, 1.165) is 41.1 Å². The van der Waals surface area contributed by atoms with Gasteiger partial charge in [-0.1, -0.05) is 49.4 Å². The van der Waals surface area contributed by atoms with Crippen molar-refractivity contribution in [2.75, 3.05) is 13.1 Å². The van der Waals surface area contributed by atoms with Crippen molar-refractivity contribution in [1.82, 2.24) is 5.32 Å². The average molecular weight is 600 g/mol. The van der Waals surface area contributed by atoms with E-state index in [9.17, 15) is 15.8 Å². The number of halogens is 3. The van der Waals surface area contributed by atoms with Crippen molar-refractivity contribution in [3.63, 3.8) is 0 Å². The molecule has 1 aliphatic carbocycles. The average Bonchev–Trinajstić information content (AvgIpc) is 3.61. The van der Waals surface area contributed by atoms with E-state index in [2.05, 4.69) is 5.32 Å². The van der Waals surface area contributed by atoms with Crippen molar-refractivity contribution in [3.8, 4) is 18.2 Å². The molecular formula is C33H28F3N5OS. The number of allylic oxidation sites excluding steroid dienone is 7. The van der Waals surface area contributed by atoms with E-state index >= 15 is 13.2 Å². The highest BCUT2D eigenvalue weighted by Crippen LogP contribution is 2.56. The molecule has 1 unspecified atom stereocenters. The van der Waals surface area contributed by atoms with Gasteiger partial charge in [-0.2, -0.15) is 29.0 Å². The number of benzene rings is 1. The topological polar surface area (TPSA) is 119 Å². The van der Waals surface area contributed by atoms with Gasteiger partial charge in [-0.3, -0.25) is 0 Å². The van der Waals surface area contributed by atoms with E-state index in [1.165, 1.54) is 35.6 Å². The Balaban J connectivity index is 1.73. The molecule has 1 atom stereocenters. The van der Waals surface area contributed by atoms with Gasteiger partial charge in [-0.15, -0.1) is 11.3 Å². The normalized spacial score (nSPS) is 18.6. The number of hydrogen-bond donors (Lipinski definition) is 2. The van der Waals surface area contributed by atoms with Crippen molar-refractivity contribution >= 4 is 23.5 Å². The van der Waals surface area contributed by atoms with Crippen LogP contribution in [-0.4, -0.2) is 19.3 Å². The lowest BCUT2D eigenvalue weighted by atomic mass is 9.83. The fraction of sp³-hybridized carbons (Fsp3) is 0.242. The molecule has 0 fully saturated rings. The van der Waals surface area contributed by atoms with Crippen LogP contribution < -0.4 is 11.1 Å². The van der Waals surface area contributed by atoms with E-state index in [1.807, 2.05) is 37.3 Å². The number of aryl methyl sites for hydroxylation is 1. The van der Waals surface area contributed by atoms with Gasteiger partial charge in [0.1, 0.15) is 23.8 Å². The number of nitrogens with zero attached hydrogens (tertiary/aromatic N) is 3. The standard InChI is InChI=1S/C33H28F3N5OS/c1-2-22-3-8-25(9-4-22)32(33(34,35)36)30(29(21-40)31(42-32)24(19-38)20-39)16-15-28-14-13-27(43-28)12-7-23-5-10-26(11-6-23)41-18-17-37/h3-5,7-10,12-16,41H,2,6,11,17-18,37H2,1H3/b12-7+,16-15+. The van der Waals surface area contributed by atoms with E-state index in [-0.39, 0.29) is 5.56 Å². The zero-order valence-corrected chi connectivity index (χ0v) is 24.1. The first kappa shape index (κ1) is 31.1. The third-order valence-electron chi connectivity index (χ3n) is 7.06. The Labute approximate surface area is 252 Å². The highest BCUT2D eigenvalue weighted by molar-refractivity contribution is 7.13. The summed E-state index contributed by atoms with van der Waals surface area (Å²) in [5.74, 6) is -0.685. The fourth-order valence-electron chi connectivity index (χ4n) is 4.81. The molecule has 0 saturated carbocycles. The Hall–Kier alpha value is -4.82. The van der Waals surface area contributed by atoms with E-state index in [1.54, 1.807) is 36.4 Å². The second kappa shape index (κ2) is 13.4. The van der Waals surface area contributed by atoms with E-state index in [0.29, 0.717) is 17.8 Å². The van der Waals surface area contributed by atoms with Crippen molar-refractivity contribution in [2.45, 2.75) is 38.0 Å². The number of alkyl halides is 3. The predicted molar refractivity (Wildman–Crippen MR) is 160 cm³/mol. The third kappa shape index (κ3) is 6.49. The summed E-state index contributed by atoms with van der Waals surface area (Å²) in [5.41, 5.74) is 3.56. The molecular weight excluding hydrogens is 571 g/mol. The third-order valence-corrected chi connectivity index (χ3v) is 8.08. The molecule has 2 aromatic rings. The van der Waals surface area contributed by atoms with Gasteiger partial charge in [-0.05, 0) is 60.8 Å². The Kier molecular flexibility index (Phi) is 9.73. The van der Waals surface area contributed by atoms with Crippen LogP contribution >= 0.6 is 11.3 Å². The van der Waals surface area contributed by atoms with E-state index in [4.69, 9.17) is 10.5 Å². The highest BCUT2D eigenvalue weighted by Gasteiger charge is 2.65. The lowest BCUT2D eigenvalue weighted by molar-refractivity contribution is -0.249. The maximum atomic E-state index is 15.1. The summed E-state index contributed by atoms with van der Waals surface area (Å²) in [5, 5.41) is 32.1. The summed E-state index contributed by atoms with van der Waals surface area (Å²) in [6.45, 7) is 3.16. The fourth-order valence-corrected chi connectivity index (χ4v) is 5.63. The summed E-state index contributed by atoms with van der Waals surface area (Å²) in [4.78, 5) is 1.54. The van der Waals surface area contributed by atoms with Crippen molar-refractivity contribution < 1.29 is 17.9 Å². The van der Waals surface area contributed by atoms with Crippen molar-refractivity contribution in [3.05, 3.63) is 115 Å². The van der Waals surface area contributed by atoms with Gasteiger partial charge in [0.2, 0.25) is 0 Å². The summed E-state index contributed by atoms with van der Waals surface area (Å²) in [6.07, 6.45) is 8.02. The quantitative estimate of drug-likeness (QED) is 0.297. The molecule has 0 bridgehead atoms. The number of rotatable bonds is 9. The zero-order chi connectivity index (χ0) is 31.0. The molecule has 10 heteroatoms. The minimum atomic E-state index is -5.04. The number of hydrogen-bond acceptors (Lipinski definition) is 7. The van der Waals surface area contributed by atoms with Gasteiger partial charge in [0.15, 0.2) is 11.3 Å². The van der Waals surface area contributed by atoms with Gasteiger partial charge in [0.25, 0.3) is 5.60 Å². The van der Waals surface area contributed by atoms with Gasteiger partial charge in [0.05, 0.1) is 0 Å². The molecule has 1 aromatic carbocycles. The van der Waals surface area contributed by atoms with E-state index < -0.39 is 34.3 Å². The van der Waals surface area contributed by atoms with Crippen LogP contribution in [0.15, 0.2) is 94.5 Å². The number of ether oxygens (including phenoxy) is 1. The Morgan fingerprint density at radius 1 is 1.00 bits per heavy atom. The Morgan fingerprint density at radius 3 is 2.21 bits per heavy atom. The summed E-state index contributed by atoms with van der Waals surface area (Å²) in [7, 11) is 0. The molecule has 0 radical (unpaired) electrons. The summed E-state index contributed by atoms with van der Waals surface area (Å²) in [6, 6.07) is 14.2. The molecule has 2 heterocycles. The van der Waals surface area contributed by atoms with Crippen LogP contribution in [0.1, 0.15) is 40.6 Å². The first-order valence-electron chi connectivity index (χ1n) is 13.5. The molecule has 0 saturated heterocycles. The molecule has 1 aromatic heterocycles. The van der Waals surface area contributed by atoms with Gasteiger partial charge >= 0.3 is 6.18 Å².